The van der Waals surface area contributed by atoms with Crippen molar-refractivity contribution in [1.29, 1.82) is 0 Å². The zero-order valence-electron chi connectivity index (χ0n) is 17.7. The summed E-state index contributed by atoms with van der Waals surface area (Å²) < 4.78 is 44.4. The second-order valence-corrected chi connectivity index (χ2v) is 7.91. The number of hydrogen-bond acceptors (Lipinski definition) is 4. The molecule has 9 heteroatoms. The molecule has 0 radical (unpaired) electrons. The molecular formula is C25H20F3NO5. The highest BCUT2D eigenvalue weighted by Gasteiger charge is 2.35. The lowest BCUT2D eigenvalue weighted by Crippen LogP contribution is -2.43. The summed E-state index contributed by atoms with van der Waals surface area (Å²) >= 11 is 0. The number of fused-ring (bicyclic) bond motifs is 3. The summed E-state index contributed by atoms with van der Waals surface area (Å²) in [4.78, 5) is 24.0. The van der Waals surface area contributed by atoms with Crippen LogP contribution in [0.25, 0.3) is 11.1 Å². The average molecular weight is 471 g/mol. The Balaban J connectivity index is 1.44. The third kappa shape index (κ3) is 4.68. The Bertz CT molecular complexity index is 1200. The highest BCUT2D eigenvalue weighted by molar-refractivity contribution is 5.81. The van der Waals surface area contributed by atoms with Crippen molar-refractivity contribution in [2.24, 2.45) is 0 Å². The molecule has 4 rings (SSSR count). The minimum Gasteiger partial charge on any atom is -0.507 e. The van der Waals surface area contributed by atoms with E-state index in [0.717, 1.165) is 28.3 Å². The number of phenolic OH excluding ortho intramolecular Hbond substituents is 1. The van der Waals surface area contributed by atoms with Crippen LogP contribution >= 0.6 is 0 Å². The fourth-order valence-corrected chi connectivity index (χ4v) is 4.16. The van der Waals surface area contributed by atoms with E-state index in [1.54, 1.807) is 0 Å². The number of carbonyl (C=O) groups is 2. The summed E-state index contributed by atoms with van der Waals surface area (Å²) in [5.41, 5.74) is 2.73. The van der Waals surface area contributed by atoms with Crippen molar-refractivity contribution in [3.8, 4) is 16.9 Å². The number of hydrogen-bond donors (Lipinski definition) is 3. The van der Waals surface area contributed by atoms with Crippen LogP contribution in [0.2, 0.25) is 0 Å². The van der Waals surface area contributed by atoms with Crippen LogP contribution in [0.1, 0.15) is 28.2 Å². The Kier molecular flexibility index (Phi) is 6.19. The van der Waals surface area contributed by atoms with Gasteiger partial charge in [0.25, 0.3) is 0 Å². The quantitative estimate of drug-likeness (QED) is 0.473. The Morgan fingerprint density at radius 2 is 1.56 bits per heavy atom. The van der Waals surface area contributed by atoms with E-state index in [9.17, 15) is 33.0 Å². The number of alkyl halides is 3. The Labute approximate surface area is 192 Å². The molecule has 6 nitrogen and oxygen atoms in total. The largest absolute Gasteiger partial charge is 0.507 e. The van der Waals surface area contributed by atoms with Crippen molar-refractivity contribution in [3.05, 3.63) is 89.0 Å². The van der Waals surface area contributed by atoms with Crippen LogP contribution in [-0.4, -0.2) is 34.9 Å². The van der Waals surface area contributed by atoms with Gasteiger partial charge < -0.3 is 20.3 Å². The molecule has 0 heterocycles. The second-order valence-electron chi connectivity index (χ2n) is 7.91. The molecule has 3 aromatic rings. The maximum absolute atomic E-state index is 13.0. The lowest BCUT2D eigenvalue weighted by atomic mass is 9.98. The van der Waals surface area contributed by atoms with Gasteiger partial charge in [0.15, 0.2) is 0 Å². The van der Waals surface area contributed by atoms with Gasteiger partial charge >= 0.3 is 18.2 Å². The molecule has 176 valence electrons. The van der Waals surface area contributed by atoms with Crippen LogP contribution < -0.4 is 5.32 Å². The van der Waals surface area contributed by atoms with Crippen LogP contribution in [0.3, 0.4) is 0 Å². The molecular weight excluding hydrogens is 451 g/mol. The number of carboxylic acids is 1. The van der Waals surface area contributed by atoms with Gasteiger partial charge in [-0.1, -0.05) is 54.6 Å². The van der Waals surface area contributed by atoms with Crippen LogP contribution in [0.15, 0.2) is 66.7 Å². The number of rotatable bonds is 6. The van der Waals surface area contributed by atoms with E-state index in [1.807, 2.05) is 48.5 Å². The van der Waals surface area contributed by atoms with Gasteiger partial charge in [-0.3, -0.25) is 0 Å². The second kappa shape index (κ2) is 9.09. The first-order valence-corrected chi connectivity index (χ1v) is 10.4. The standard InChI is InChI=1S/C25H20F3NO5/c26-25(27,28)20-11-14(9-10-22(20)30)12-21(23(31)32)29-24(33)34-13-19-17-7-3-1-5-15(17)16-6-2-4-8-18(16)19/h1-11,19,21,30H,12-13H2,(H,29,33)(H,31,32)/t21-/m0/s1. The van der Waals surface area contributed by atoms with Crippen LogP contribution in [-0.2, 0) is 22.1 Å². The number of benzene rings is 3. The molecule has 0 saturated heterocycles. The highest BCUT2D eigenvalue weighted by atomic mass is 19.4. The molecule has 1 aliphatic carbocycles. The fourth-order valence-electron chi connectivity index (χ4n) is 4.16. The Hall–Kier alpha value is -4.01. The van der Waals surface area contributed by atoms with Gasteiger partial charge in [-0.05, 0) is 39.9 Å². The first kappa shape index (κ1) is 23.2. The zero-order chi connectivity index (χ0) is 24.5. The van der Waals surface area contributed by atoms with Gasteiger partial charge in [0.2, 0.25) is 0 Å². The molecule has 1 amide bonds. The summed E-state index contributed by atoms with van der Waals surface area (Å²) in [5.74, 6) is -2.63. The van der Waals surface area contributed by atoms with Gasteiger partial charge in [-0.15, -0.1) is 0 Å². The third-order valence-electron chi connectivity index (χ3n) is 5.74. The van der Waals surface area contributed by atoms with Gasteiger partial charge in [-0.25, -0.2) is 9.59 Å². The number of nitrogens with one attached hydrogen (secondary N) is 1. The molecule has 0 spiro atoms. The summed E-state index contributed by atoms with van der Waals surface area (Å²) in [6.07, 6.45) is -6.23. The summed E-state index contributed by atoms with van der Waals surface area (Å²) in [5, 5.41) is 21.1. The van der Waals surface area contributed by atoms with E-state index >= 15 is 0 Å². The third-order valence-corrected chi connectivity index (χ3v) is 5.74. The molecule has 0 fully saturated rings. The minimum absolute atomic E-state index is 0.0172. The zero-order valence-corrected chi connectivity index (χ0v) is 17.7. The number of alkyl carbamates (subject to hydrolysis) is 1. The van der Waals surface area contributed by atoms with Gasteiger partial charge in [0.1, 0.15) is 18.4 Å². The molecule has 1 atom stereocenters. The minimum atomic E-state index is -4.81. The molecule has 0 aliphatic heterocycles. The van der Waals surface area contributed by atoms with E-state index in [0.29, 0.717) is 6.07 Å². The first-order chi connectivity index (χ1) is 16.1. The number of carboxylic acid groups (broad SMARTS) is 1. The van der Waals surface area contributed by atoms with Crippen LogP contribution in [0.5, 0.6) is 5.75 Å². The first-order valence-electron chi connectivity index (χ1n) is 10.4. The molecule has 0 aromatic heterocycles. The molecule has 0 saturated carbocycles. The van der Waals surface area contributed by atoms with E-state index < -0.39 is 42.0 Å². The number of halogens is 3. The summed E-state index contributed by atoms with van der Waals surface area (Å²) in [7, 11) is 0. The fraction of sp³-hybridized carbons (Fsp3) is 0.200. The summed E-state index contributed by atoms with van der Waals surface area (Å²) in [6, 6.07) is 16.5. The molecule has 3 aromatic carbocycles. The highest BCUT2D eigenvalue weighted by Crippen LogP contribution is 2.44. The van der Waals surface area contributed by atoms with E-state index in [2.05, 4.69) is 5.32 Å². The predicted molar refractivity (Wildman–Crippen MR) is 116 cm³/mol. The lowest BCUT2D eigenvalue weighted by Gasteiger charge is -2.18. The number of carbonyl (C=O) groups excluding carboxylic acids is 1. The topological polar surface area (TPSA) is 95.9 Å². The smallest absolute Gasteiger partial charge is 0.419 e. The lowest BCUT2D eigenvalue weighted by molar-refractivity contribution is -0.139. The molecule has 0 unspecified atom stereocenters. The van der Waals surface area contributed by atoms with Crippen molar-refractivity contribution in [2.75, 3.05) is 6.61 Å². The maximum atomic E-state index is 13.0. The average Bonchev–Trinajstić information content (AvgIpc) is 3.11. The molecule has 34 heavy (non-hydrogen) atoms. The number of phenols is 1. The van der Waals surface area contributed by atoms with E-state index in [1.165, 1.54) is 6.07 Å². The van der Waals surface area contributed by atoms with Gasteiger partial charge in [-0.2, -0.15) is 13.2 Å². The molecule has 3 N–H and O–H groups in total. The van der Waals surface area contributed by atoms with E-state index in [-0.39, 0.29) is 18.1 Å². The van der Waals surface area contributed by atoms with Gasteiger partial charge in [0, 0.05) is 12.3 Å². The Morgan fingerprint density at radius 3 is 2.12 bits per heavy atom. The van der Waals surface area contributed by atoms with Crippen LogP contribution in [0.4, 0.5) is 18.0 Å². The maximum Gasteiger partial charge on any atom is 0.419 e. The SMILES string of the molecule is O=C(N[C@@H](Cc1ccc(O)c(C(F)(F)F)c1)C(=O)O)OCC1c2ccccc2-c2ccccc21. The predicted octanol–water partition coefficient (Wildman–Crippen LogP) is 4.95. The van der Waals surface area contributed by atoms with Crippen molar-refractivity contribution < 1.29 is 37.7 Å². The number of aromatic hydroxyl groups is 1. The normalized spacial score (nSPS) is 13.6. The van der Waals surface area contributed by atoms with E-state index in [4.69, 9.17) is 4.74 Å². The number of aliphatic carboxylic acids is 1. The van der Waals surface area contributed by atoms with Gasteiger partial charge in [0.05, 0.1) is 5.56 Å². The number of amides is 1. The van der Waals surface area contributed by atoms with Crippen molar-refractivity contribution in [3.63, 3.8) is 0 Å². The monoisotopic (exact) mass is 471 g/mol. The summed E-state index contributed by atoms with van der Waals surface area (Å²) in [6.45, 7) is -0.0381. The van der Waals surface area contributed by atoms with Crippen molar-refractivity contribution in [2.45, 2.75) is 24.6 Å². The van der Waals surface area contributed by atoms with Crippen LogP contribution in [0, 0.1) is 0 Å². The number of ether oxygens (including phenoxy) is 1. The molecule has 0 bridgehead atoms. The van der Waals surface area contributed by atoms with Crippen molar-refractivity contribution >= 4 is 12.1 Å². The van der Waals surface area contributed by atoms with Crippen molar-refractivity contribution in [1.82, 2.24) is 5.32 Å². The Morgan fingerprint density at radius 1 is 0.971 bits per heavy atom. The molecule has 1 aliphatic rings.